The molecule has 1 rings (SSSR count). The largest absolute Gasteiger partial charge is 0.378 e. The molecule has 0 saturated carbocycles. The van der Waals surface area contributed by atoms with Crippen molar-refractivity contribution in [2.75, 3.05) is 13.2 Å². The maximum absolute atomic E-state index is 8.43. The summed E-state index contributed by atoms with van der Waals surface area (Å²) in [5.41, 5.74) is 0. The van der Waals surface area contributed by atoms with Gasteiger partial charge in [0, 0.05) is 13.0 Å². The highest BCUT2D eigenvalue weighted by Crippen LogP contribution is 2.02. The lowest BCUT2D eigenvalue weighted by molar-refractivity contribution is -0.696. The molecule has 1 heterocycles. The summed E-state index contributed by atoms with van der Waals surface area (Å²) < 4.78 is 9.70. The van der Waals surface area contributed by atoms with E-state index in [4.69, 9.17) is 10.00 Å². The molecule has 0 saturated heterocycles. The lowest BCUT2D eigenvalue weighted by atomic mass is 10.1. The van der Waals surface area contributed by atoms with Crippen molar-refractivity contribution < 1.29 is 9.30 Å². The van der Waals surface area contributed by atoms with Crippen molar-refractivity contribution in [1.29, 1.82) is 5.26 Å². The predicted octanol–water partition coefficient (Wildman–Crippen LogP) is 2.29. The molecule has 0 unspecified atom stereocenters. The molecule has 0 bridgehead atoms. The van der Waals surface area contributed by atoms with Crippen LogP contribution in [0.1, 0.15) is 39.0 Å². The first-order valence-electron chi connectivity index (χ1n) is 6.86. The van der Waals surface area contributed by atoms with Crippen LogP contribution in [0, 0.1) is 11.3 Å². The Labute approximate surface area is 110 Å². The topological polar surface area (TPSA) is 41.8 Å². The monoisotopic (exact) mass is 250 g/mol. The molecule has 0 aliphatic heterocycles. The van der Waals surface area contributed by atoms with Gasteiger partial charge in [0.2, 0.25) is 6.33 Å². The number of rotatable bonds is 10. The van der Waals surface area contributed by atoms with E-state index in [0.29, 0.717) is 6.42 Å². The summed E-state index contributed by atoms with van der Waals surface area (Å²) in [5.74, 6) is 0. The molecule has 0 amide bonds. The number of nitrogens with zero attached hydrogens (tertiary/aromatic N) is 3. The number of hydrogen-bond acceptors (Lipinski definition) is 2. The van der Waals surface area contributed by atoms with Crippen molar-refractivity contribution in [1.82, 2.24) is 4.57 Å². The molecule has 4 nitrogen and oxygen atoms in total. The van der Waals surface area contributed by atoms with Crippen LogP contribution in [0.25, 0.3) is 0 Å². The van der Waals surface area contributed by atoms with E-state index in [1.807, 2.05) is 6.92 Å². The Kier molecular flexibility index (Phi) is 7.90. The number of aryl methyl sites for hydroxylation is 1. The van der Waals surface area contributed by atoms with Gasteiger partial charge in [-0.15, -0.1) is 0 Å². The first-order chi connectivity index (χ1) is 8.86. The van der Waals surface area contributed by atoms with Gasteiger partial charge < -0.3 is 4.74 Å². The minimum atomic E-state index is 0.695. The molecular weight excluding hydrogens is 226 g/mol. The van der Waals surface area contributed by atoms with E-state index in [2.05, 4.69) is 33.9 Å². The fourth-order valence-corrected chi connectivity index (χ4v) is 1.87. The minimum absolute atomic E-state index is 0.695. The van der Waals surface area contributed by atoms with Crippen molar-refractivity contribution in [3.63, 3.8) is 0 Å². The van der Waals surface area contributed by atoms with E-state index in [0.717, 1.165) is 32.7 Å². The van der Waals surface area contributed by atoms with Crippen molar-refractivity contribution in [2.24, 2.45) is 0 Å². The molecule has 0 spiro atoms. The van der Waals surface area contributed by atoms with Gasteiger partial charge in [-0.2, -0.15) is 5.26 Å². The van der Waals surface area contributed by atoms with Crippen LogP contribution < -0.4 is 4.57 Å². The Morgan fingerprint density at radius 2 is 2.11 bits per heavy atom. The van der Waals surface area contributed by atoms with Crippen molar-refractivity contribution in [3.05, 3.63) is 18.7 Å². The molecular formula is C14H24N3O+. The number of ether oxygens (including phenoxy) is 1. The first kappa shape index (κ1) is 14.7. The molecule has 0 radical (unpaired) electrons. The second-order valence-corrected chi connectivity index (χ2v) is 4.41. The van der Waals surface area contributed by atoms with Gasteiger partial charge in [0.25, 0.3) is 0 Å². The van der Waals surface area contributed by atoms with E-state index in [1.165, 1.54) is 19.3 Å². The minimum Gasteiger partial charge on any atom is -0.378 e. The molecule has 18 heavy (non-hydrogen) atoms. The van der Waals surface area contributed by atoms with E-state index < -0.39 is 0 Å². The summed E-state index contributed by atoms with van der Waals surface area (Å²) in [6, 6.07) is 2.18. The van der Waals surface area contributed by atoms with Crippen LogP contribution in [0.4, 0.5) is 0 Å². The van der Waals surface area contributed by atoms with Crippen LogP contribution in [-0.4, -0.2) is 17.8 Å². The Morgan fingerprint density at radius 3 is 2.89 bits per heavy atom. The van der Waals surface area contributed by atoms with Crippen LogP contribution in [0.3, 0.4) is 0 Å². The normalized spacial score (nSPS) is 10.4. The number of nitriles is 1. The average molecular weight is 250 g/mol. The van der Waals surface area contributed by atoms with Crippen molar-refractivity contribution >= 4 is 0 Å². The summed E-state index contributed by atoms with van der Waals surface area (Å²) in [4.78, 5) is 0. The Hall–Kier alpha value is -1.34. The lowest BCUT2D eigenvalue weighted by Crippen LogP contribution is -2.31. The molecule has 100 valence electrons. The molecule has 1 aromatic rings. The molecule has 0 aliphatic rings. The van der Waals surface area contributed by atoms with Gasteiger partial charge in [0.15, 0.2) is 0 Å². The molecule has 0 atom stereocenters. The van der Waals surface area contributed by atoms with Crippen LogP contribution in [-0.2, 0) is 17.8 Å². The summed E-state index contributed by atoms with van der Waals surface area (Å²) in [5, 5.41) is 8.43. The number of unbranched alkanes of at least 4 members (excludes halogenated alkanes) is 4. The highest BCUT2D eigenvalue weighted by atomic mass is 16.5. The maximum atomic E-state index is 8.43. The van der Waals surface area contributed by atoms with Gasteiger partial charge in [-0.25, -0.2) is 9.13 Å². The Morgan fingerprint density at radius 1 is 1.28 bits per heavy atom. The SMILES string of the molecule is CCOCCn1cc[n+](CCCCCCC#N)c1. The van der Waals surface area contributed by atoms with Crippen molar-refractivity contribution in [3.8, 4) is 6.07 Å². The Balaban J connectivity index is 2.09. The second kappa shape index (κ2) is 9.67. The third-order valence-electron chi connectivity index (χ3n) is 2.90. The predicted molar refractivity (Wildman–Crippen MR) is 69.8 cm³/mol. The number of aromatic nitrogens is 2. The van der Waals surface area contributed by atoms with Crippen molar-refractivity contribution in [2.45, 2.75) is 52.1 Å². The van der Waals surface area contributed by atoms with Gasteiger partial charge in [-0.3, -0.25) is 0 Å². The second-order valence-electron chi connectivity index (χ2n) is 4.41. The van der Waals surface area contributed by atoms with Gasteiger partial charge in [0.1, 0.15) is 18.9 Å². The van der Waals surface area contributed by atoms with E-state index in [-0.39, 0.29) is 0 Å². The summed E-state index contributed by atoms with van der Waals surface area (Å²) >= 11 is 0. The molecule has 1 aromatic heterocycles. The zero-order valence-electron chi connectivity index (χ0n) is 11.3. The fourth-order valence-electron chi connectivity index (χ4n) is 1.87. The van der Waals surface area contributed by atoms with Gasteiger partial charge >= 0.3 is 0 Å². The van der Waals surface area contributed by atoms with Crippen LogP contribution in [0.15, 0.2) is 18.7 Å². The maximum Gasteiger partial charge on any atom is 0.243 e. The van der Waals surface area contributed by atoms with E-state index >= 15 is 0 Å². The third kappa shape index (κ3) is 6.41. The number of imidazole rings is 1. The van der Waals surface area contributed by atoms with Crippen LogP contribution >= 0.6 is 0 Å². The lowest BCUT2D eigenvalue weighted by Gasteiger charge is -1.98. The zero-order chi connectivity index (χ0) is 13.1. The third-order valence-corrected chi connectivity index (χ3v) is 2.90. The molecule has 0 fully saturated rings. The van der Waals surface area contributed by atoms with Crippen LogP contribution in [0.5, 0.6) is 0 Å². The van der Waals surface area contributed by atoms with Crippen LogP contribution in [0.2, 0.25) is 0 Å². The first-order valence-corrected chi connectivity index (χ1v) is 6.86. The van der Waals surface area contributed by atoms with Gasteiger partial charge in [0.05, 0.1) is 19.2 Å². The molecule has 4 heteroatoms. The summed E-state index contributed by atoms with van der Waals surface area (Å²) in [6.45, 7) is 5.56. The highest BCUT2D eigenvalue weighted by Gasteiger charge is 2.02. The smallest absolute Gasteiger partial charge is 0.243 e. The summed E-state index contributed by atoms with van der Waals surface area (Å²) in [7, 11) is 0. The average Bonchev–Trinajstić information content (AvgIpc) is 2.82. The summed E-state index contributed by atoms with van der Waals surface area (Å²) in [6.07, 6.45) is 11.6. The quantitative estimate of drug-likeness (QED) is 0.472. The molecule has 0 aromatic carbocycles. The Bertz CT molecular complexity index is 354. The zero-order valence-corrected chi connectivity index (χ0v) is 11.3. The highest BCUT2D eigenvalue weighted by molar-refractivity contribution is 4.68. The molecule has 0 aliphatic carbocycles. The fraction of sp³-hybridized carbons (Fsp3) is 0.714. The van der Waals surface area contributed by atoms with E-state index in [1.54, 1.807) is 0 Å². The number of hydrogen-bond donors (Lipinski definition) is 0. The van der Waals surface area contributed by atoms with E-state index in [9.17, 15) is 0 Å². The molecule has 0 N–H and O–H groups in total. The van der Waals surface area contributed by atoms with Gasteiger partial charge in [-0.05, 0) is 26.2 Å². The standard InChI is InChI=1S/C14H24N3O/c1-2-18-13-12-17-11-10-16(14-17)9-7-5-3-4-6-8-15/h10-11,14H,2-7,9,12-13H2,1H3/q+1. The van der Waals surface area contributed by atoms with Gasteiger partial charge in [-0.1, -0.05) is 6.42 Å².